The van der Waals surface area contributed by atoms with Crippen LogP contribution in [0.25, 0.3) is 0 Å². The molecule has 3 aliphatic rings. The minimum Gasteiger partial charge on any atom is -0.395 e. The smallest absolute Gasteiger partial charge is 0.234 e. The number of carbonyl (C=O) groups is 1. The van der Waals surface area contributed by atoms with Gasteiger partial charge in [0.25, 0.3) is 0 Å². The summed E-state index contributed by atoms with van der Waals surface area (Å²) in [5.41, 5.74) is 0.0463. The van der Waals surface area contributed by atoms with Gasteiger partial charge < -0.3 is 20.5 Å². The lowest BCUT2D eigenvalue weighted by Gasteiger charge is -2.38. The number of aliphatic hydroxyl groups is 1. The summed E-state index contributed by atoms with van der Waals surface area (Å²) in [6, 6.07) is 1.26. The number of piperidine rings is 1. The second-order valence-corrected chi connectivity index (χ2v) is 6.69. The average Bonchev–Trinajstić information content (AvgIpc) is 3.21. The van der Waals surface area contributed by atoms with E-state index in [1.165, 1.54) is 12.8 Å². The molecule has 2 saturated heterocycles. The fourth-order valence-electron chi connectivity index (χ4n) is 3.46. The van der Waals surface area contributed by atoms with Crippen molar-refractivity contribution in [2.45, 2.75) is 49.8 Å². The van der Waals surface area contributed by atoms with Crippen molar-refractivity contribution in [3.05, 3.63) is 0 Å². The summed E-state index contributed by atoms with van der Waals surface area (Å²) in [6.45, 7) is 3.45. The molecule has 1 unspecified atom stereocenters. The van der Waals surface area contributed by atoms with Crippen LogP contribution in [-0.2, 0) is 9.53 Å². The lowest BCUT2D eigenvalue weighted by Crippen LogP contribution is -2.48. The largest absolute Gasteiger partial charge is 0.395 e. The number of hydrogen-bond acceptors (Lipinski definition) is 5. The Morgan fingerprint density at radius 3 is 2.71 bits per heavy atom. The van der Waals surface area contributed by atoms with E-state index in [1.807, 2.05) is 0 Å². The Kier molecular flexibility index (Phi) is 4.78. The van der Waals surface area contributed by atoms with Crippen LogP contribution in [0.15, 0.2) is 0 Å². The van der Waals surface area contributed by atoms with E-state index in [9.17, 15) is 4.79 Å². The van der Waals surface area contributed by atoms with Crippen LogP contribution in [0.5, 0.6) is 0 Å². The Labute approximate surface area is 126 Å². The number of ether oxygens (including phenoxy) is 1. The SMILES string of the molecule is O=C(CN1CCC2(CC1)CC(NC1CC1)CO2)NCCO. The van der Waals surface area contributed by atoms with Gasteiger partial charge in [0.1, 0.15) is 0 Å². The normalized spacial score (nSPS) is 28.9. The minimum atomic E-state index is -0.00191. The van der Waals surface area contributed by atoms with E-state index in [-0.39, 0.29) is 18.1 Å². The molecule has 0 aromatic rings. The van der Waals surface area contributed by atoms with Crippen molar-refractivity contribution >= 4 is 5.91 Å². The van der Waals surface area contributed by atoms with Crippen molar-refractivity contribution in [2.75, 3.05) is 39.4 Å². The summed E-state index contributed by atoms with van der Waals surface area (Å²) >= 11 is 0. The molecule has 3 N–H and O–H groups in total. The first-order chi connectivity index (χ1) is 10.2. The van der Waals surface area contributed by atoms with E-state index in [2.05, 4.69) is 15.5 Å². The summed E-state index contributed by atoms with van der Waals surface area (Å²) in [7, 11) is 0. The van der Waals surface area contributed by atoms with Gasteiger partial charge in [0.2, 0.25) is 5.91 Å². The predicted octanol–water partition coefficient (Wildman–Crippen LogP) is -0.530. The number of nitrogens with one attached hydrogen (secondary N) is 2. The highest BCUT2D eigenvalue weighted by Gasteiger charge is 2.43. The van der Waals surface area contributed by atoms with E-state index < -0.39 is 0 Å². The van der Waals surface area contributed by atoms with Crippen LogP contribution in [-0.4, -0.2) is 73.0 Å². The summed E-state index contributed by atoms with van der Waals surface area (Å²) in [5.74, 6) is 0.000571. The van der Waals surface area contributed by atoms with Gasteiger partial charge in [0.05, 0.1) is 25.4 Å². The van der Waals surface area contributed by atoms with Crippen LogP contribution in [0.4, 0.5) is 0 Å². The molecule has 0 bridgehead atoms. The summed E-state index contributed by atoms with van der Waals surface area (Å²) in [6.07, 6.45) is 5.79. The van der Waals surface area contributed by atoms with Crippen LogP contribution in [0.3, 0.4) is 0 Å². The number of amides is 1. The fourth-order valence-corrected chi connectivity index (χ4v) is 3.46. The number of carbonyl (C=O) groups excluding carboxylic acids is 1. The van der Waals surface area contributed by atoms with Crippen molar-refractivity contribution in [1.82, 2.24) is 15.5 Å². The van der Waals surface area contributed by atoms with Gasteiger partial charge >= 0.3 is 0 Å². The molecule has 6 nitrogen and oxygen atoms in total. The molecule has 120 valence electrons. The predicted molar refractivity (Wildman–Crippen MR) is 79.0 cm³/mol. The Morgan fingerprint density at radius 1 is 1.29 bits per heavy atom. The number of likely N-dealkylation sites (tertiary alicyclic amines) is 1. The van der Waals surface area contributed by atoms with Gasteiger partial charge in [-0.1, -0.05) is 0 Å². The Morgan fingerprint density at radius 2 is 2.05 bits per heavy atom. The minimum absolute atomic E-state index is 0.000571. The van der Waals surface area contributed by atoms with Gasteiger partial charge in [-0.25, -0.2) is 0 Å². The van der Waals surface area contributed by atoms with Crippen LogP contribution in [0.1, 0.15) is 32.1 Å². The number of hydrogen-bond donors (Lipinski definition) is 3. The zero-order chi connectivity index (χ0) is 14.7. The third kappa shape index (κ3) is 4.16. The zero-order valence-corrected chi connectivity index (χ0v) is 12.6. The molecule has 2 heterocycles. The van der Waals surface area contributed by atoms with Gasteiger partial charge in [0, 0.05) is 31.7 Å². The van der Waals surface area contributed by atoms with Crippen molar-refractivity contribution in [2.24, 2.45) is 0 Å². The molecule has 3 rings (SSSR count). The monoisotopic (exact) mass is 297 g/mol. The van der Waals surface area contributed by atoms with Crippen LogP contribution < -0.4 is 10.6 Å². The zero-order valence-electron chi connectivity index (χ0n) is 12.6. The maximum atomic E-state index is 11.7. The second kappa shape index (κ2) is 6.60. The molecule has 1 spiro atoms. The number of nitrogens with zero attached hydrogens (tertiary/aromatic N) is 1. The Hall–Kier alpha value is -0.690. The molecule has 3 fully saturated rings. The first-order valence-electron chi connectivity index (χ1n) is 8.19. The molecule has 0 radical (unpaired) electrons. The van der Waals surface area contributed by atoms with Gasteiger partial charge in [-0.2, -0.15) is 0 Å². The topological polar surface area (TPSA) is 73.8 Å². The summed E-state index contributed by atoms with van der Waals surface area (Å²) in [4.78, 5) is 13.8. The highest BCUT2D eigenvalue weighted by molar-refractivity contribution is 5.77. The maximum absolute atomic E-state index is 11.7. The number of aliphatic hydroxyl groups excluding tert-OH is 1. The molecule has 1 atom stereocenters. The van der Waals surface area contributed by atoms with Crippen molar-refractivity contribution in [3.8, 4) is 0 Å². The van der Waals surface area contributed by atoms with E-state index in [4.69, 9.17) is 9.84 Å². The molecular formula is C15H27N3O3. The standard InChI is InChI=1S/C15H27N3O3/c19-8-5-16-14(20)10-18-6-3-15(4-7-18)9-13(11-21-15)17-12-1-2-12/h12-13,17,19H,1-11H2,(H,16,20). The second-order valence-electron chi connectivity index (χ2n) is 6.69. The summed E-state index contributed by atoms with van der Waals surface area (Å²) < 4.78 is 6.12. The van der Waals surface area contributed by atoms with Gasteiger partial charge in [-0.3, -0.25) is 9.69 Å². The molecule has 1 saturated carbocycles. The third-order valence-corrected chi connectivity index (χ3v) is 4.83. The van der Waals surface area contributed by atoms with E-state index >= 15 is 0 Å². The van der Waals surface area contributed by atoms with E-state index in [1.54, 1.807) is 0 Å². The first-order valence-corrected chi connectivity index (χ1v) is 8.19. The lowest BCUT2D eigenvalue weighted by molar-refractivity contribution is -0.123. The lowest BCUT2D eigenvalue weighted by atomic mass is 9.87. The fraction of sp³-hybridized carbons (Fsp3) is 0.933. The van der Waals surface area contributed by atoms with E-state index in [0.717, 1.165) is 45.0 Å². The van der Waals surface area contributed by atoms with Crippen molar-refractivity contribution in [3.63, 3.8) is 0 Å². The average molecular weight is 297 g/mol. The molecule has 2 aliphatic heterocycles. The molecule has 0 aromatic heterocycles. The van der Waals surface area contributed by atoms with Crippen LogP contribution in [0, 0.1) is 0 Å². The van der Waals surface area contributed by atoms with Gasteiger partial charge in [-0.15, -0.1) is 0 Å². The molecule has 21 heavy (non-hydrogen) atoms. The Bertz CT molecular complexity index is 365. The molecule has 1 aliphatic carbocycles. The third-order valence-electron chi connectivity index (χ3n) is 4.83. The molecule has 1 amide bonds. The number of rotatable bonds is 6. The van der Waals surface area contributed by atoms with Crippen molar-refractivity contribution < 1.29 is 14.6 Å². The quantitative estimate of drug-likeness (QED) is 0.615. The van der Waals surface area contributed by atoms with Gasteiger partial charge in [-0.05, 0) is 32.1 Å². The van der Waals surface area contributed by atoms with E-state index in [0.29, 0.717) is 19.1 Å². The highest BCUT2D eigenvalue weighted by atomic mass is 16.5. The maximum Gasteiger partial charge on any atom is 0.234 e. The molecule has 6 heteroatoms. The van der Waals surface area contributed by atoms with Crippen LogP contribution in [0.2, 0.25) is 0 Å². The Balaban J connectivity index is 1.39. The van der Waals surface area contributed by atoms with Crippen molar-refractivity contribution in [1.29, 1.82) is 0 Å². The highest BCUT2D eigenvalue weighted by Crippen LogP contribution is 2.36. The molecule has 0 aromatic carbocycles. The first kappa shape index (κ1) is 15.2. The van der Waals surface area contributed by atoms with Crippen LogP contribution >= 0.6 is 0 Å². The molecular weight excluding hydrogens is 270 g/mol. The summed E-state index contributed by atoms with van der Waals surface area (Å²) in [5, 5.41) is 15.1. The van der Waals surface area contributed by atoms with Gasteiger partial charge in [0.15, 0.2) is 0 Å².